The van der Waals surface area contributed by atoms with Gasteiger partial charge in [-0.2, -0.15) is 0 Å². The topological polar surface area (TPSA) is 9.23 Å². The molecule has 18 heavy (non-hydrogen) atoms. The lowest BCUT2D eigenvalue weighted by Crippen LogP contribution is -1.89. The van der Waals surface area contributed by atoms with Gasteiger partial charge in [-0.05, 0) is 54.6 Å². The molecule has 2 rings (SSSR count). The molecule has 1 nitrogen and oxygen atoms in total. The summed E-state index contributed by atoms with van der Waals surface area (Å²) in [5.74, 6) is 2.26. The van der Waals surface area contributed by atoms with Crippen molar-refractivity contribution >= 4 is 23.4 Å². The Kier molecular flexibility index (Phi) is 4.56. The van der Waals surface area contributed by atoms with Crippen LogP contribution >= 0.6 is 23.4 Å². The Morgan fingerprint density at radius 2 is 1.83 bits per heavy atom. The van der Waals surface area contributed by atoms with E-state index in [-0.39, 0.29) is 0 Å². The predicted octanol–water partition coefficient (Wildman–Crippen LogP) is 5.25. The first-order chi connectivity index (χ1) is 8.72. The molecular formula is C15H15ClOS. The van der Waals surface area contributed by atoms with E-state index in [9.17, 15) is 0 Å². The molecule has 0 radical (unpaired) electrons. The monoisotopic (exact) mass is 278 g/mol. The summed E-state index contributed by atoms with van der Waals surface area (Å²) in [6.45, 7) is 2.03. The maximum atomic E-state index is 5.86. The highest BCUT2D eigenvalue weighted by molar-refractivity contribution is 7.98. The third kappa shape index (κ3) is 3.21. The summed E-state index contributed by atoms with van der Waals surface area (Å²) in [6, 6.07) is 14.1. The maximum absolute atomic E-state index is 5.86. The van der Waals surface area contributed by atoms with Gasteiger partial charge in [0.1, 0.15) is 11.5 Å². The Morgan fingerprint density at radius 3 is 2.39 bits per heavy atom. The first-order valence-corrected chi connectivity index (χ1v) is 7.46. The van der Waals surface area contributed by atoms with Crippen molar-refractivity contribution in [3.63, 3.8) is 0 Å². The number of alkyl halides is 1. The fourth-order valence-corrected chi connectivity index (χ4v) is 2.25. The van der Waals surface area contributed by atoms with Crippen LogP contribution in [0.25, 0.3) is 0 Å². The molecule has 2 aromatic carbocycles. The Balaban J connectivity index is 2.17. The Morgan fingerprint density at radius 1 is 1.11 bits per heavy atom. The molecule has 0 aliphatic rings. The smallest absolute Gasteiger partial charge is 0.130 e. The van der Waals surface area contributed by atoms with Crippen LogP contribution in [0.5, 0.6) is 11.5 Å². The lowest BCUT2D eigenvalue weighted by Gasteiger charge is -2.10. The summed E-state index contributed by atoms with van der Waals surface area (Å²) in [5, 5.41) is 0. The highest BCUT2D eigenvalue weighted by Crippen LogP contribution is 2.27. The molecule has 0 aromatic heterocycles. The van der Waals surface area contributed by atoms with E-state index >= 15 is 0 Å². The van der Waals surface area contributed by atoms with Crippen molar-refractivity contribution in [3.8, 4) is 11.5 Å². The number of rotatable bonds is 4. The van der Waals surface area contributed by atoms with E-state index in [1.807, 2.05) is 31.2 Å². The van der Waals surface area contributed by atoms with Gasteiger partial charge in [0, 0.05) is 10.8 Å². The average Bonchev–Trinajstić information content (AvgIpc) is 2.42. The SMILES string of the molecule is CSc1ccc(Oc2ccc(CCl)cc2C)cc1. The van der Waals surface area contributed by atoms with E-state index in [0.29, 0.717) is 5.88 Å². The molecule has 3 heteroatoms. The molecule has 0 aliphatic carbocycles. The van der Waals surface area contributed by atoms with Crippen molar-refractivity contribution in [2.24, 2.45) is 0 Å². The molecule has 0 amide bonds. The van der Waals surface area contributed by atoms with E-state index in [0.717, 1.165) is 22.6 Å². The van der Waals surface area contributed by atoms with E-state index in [1.165, 1.54) is 4.90 Å². The minimum Gasteiger partial charge on any atom is -0.457 e. The van der Waals surface area contributed by atoms with Crippen LogP contribution in [0.3, 0.4) is 0 Å². The molecule has 94 valence electrons. The van der Waals surface area contributed by atoms with Crippen LogP contribution in [-0.2, 0) is 5.88 Å². The second-order valence-electron chi connectivity index (χ2n) is 4.01. The number of thioether (sulfide) groups is 1. The second-order valence-corrected chi connectivity index (χ2v) is 5.16. The van der Waals surface area contributed by atoms with Gasteiger partial charge in [-0.1, -0.05) is 12.1 Å². The van der Waals surface area contributed by atoms with Gasteiger partial charge >= 0.3 is 0 Å². The van der Waals surface area contributed by atoms with Gasteiger partial charge in [-0.25, -0.2) is 0 Å². The molecule has 0 N–H and O–H groups in total. The molecule has 0 saturated carbocycles. The maximum Gasteiger partial charge on any atom is 0.130 e. The third-order valence-electron chi connectivity index (χ3n) is 2.68. The summed E-state index contributed by atoms with van der Waals surface area (Å²) in [6.07, 6.45) is 2.06. The Labute approximate surface area is 117 Å². The first kappa shape index (κ1) is 13.3. The molecule has 0 atom stereocenters. The number of hydrogen-bond donors (Lipinski definition) is 0. The van der Waals surface area contributed by atoms with E-state index < -0.39 is 0 Å². The third-order valence-corrected chi connectivity index (χ3v) is 3.73. The summed E-state index contributed by atoms with van der Waals surface area (Å²) in [4.78, 5) is 1.23. The molecule has 0 heterocycles. The number of halogens is 1. The minimum absolute atomic E-state index is 0.531. The Bertz CT molecular complexity index is 523. The molecule has 0 spiro atoms. The van der Waals surface area contributed by atoms with Crippen molar-refractivity contribution in [2.45, 2.75) is 17.7 Å². The van der Waals surface area contributed by atoms with Gasteiger partial charge in [0.25, 0.3) is 0 Å². The molecule has 0 bridgehead atoms. The van der Waals surface area contributed by atoms with Gasteiger partial charge < -0.3 is 4.74 Å². The molecule has 2 aromatic rings. The minimum atomic E-state index is 0.531. The zero-order valence-corrected chi connectivity index (χ0v) is 12.0. The highest BCUT2D eigenvalue weighted by atomic mass is 35.5. The number of hydrogen-bond acceptors (Lipinski definition) is 2. The zero-order valence-electron chi connectivity index (χ0n) is 10.4. The van der Waals surface area contributed by atoms with Crippen LogP contribution in [0.2, 0.25) is 0 Å². The summed E-state index contributed by atoms with van der Waals surface area (Å²) in [7, 11) is 0. The lowest BCUT2D eigenvalue weighted by atomic mass is 10.1. The van der Waals surface area contributed by atoms with Crippen LogP contribution < -0.4 is 4.74 Å². The van der Waals surface area contributed by atoms with Crippen molar-refractivity contribution in [2.75, 3.05) is 6.26 Å². The van der Waals surface area contributed by atoms with Gasteiger partial charge in [0.2, 0.25) is 0 Å². The van der Waals surface area contributed by atoms with Crippen LogP contribution in [0.4, 0.5) is 0 Å². The lowest BCUT2D eigenvalue weighted by molar-refractivity contribution is 0.478. The average molecular weight is 279 g/mol. The quantitative estimate of drug-likeness (QED) is 0.558. The van der Waals surface area contributed by atoms with Gasteiger partial charge in [0.05, 0.1) is 0 Å². The van der Waals surface area contributed by atoms with E-state index in [4.69, 9.17) is 16.3 Å². The first-order valence-electron chi connectivity index (χ1n) is 5.70. The fourth-order valence-electron chi connectivity index (χ4n) is 1.68. The number of benzene rings is 2. The number of aryl methyl sites for hydroxylation is 1. The van der Waals surface area contributed by atoms with Crippen molar-refractivity contribution in [1.29, 1.82) is 0 Å². The van der Waals surface area contributed by atoms with Crippen LogP contribution in [0.1, 0.15) is 11.1 Å². The van der Waals surface area contributed by atoms with Crippen molar-refractivity contribution in [1.82, 2.24) is 0 Å². The number of ether oxygens (including phenoxy) is 1. The van der Waals surface area contributed by atoms with Gasteiger partial charge in [0.15, 0.2) is 0 Å². The van der Waals surface area contributed by atoms with Gasteiger partial charge in [-0.15, -0.1) is 23.4 Å². The molecular weight excluding hydrogens is 264 g/mol. The van der Waals surface area contributed by atoms with Crippen molar-refractivity contribution in [3.05, 3.63) is 53.6 Å². The largest absolute Gasteiger partial charge is 0.457 e. The predicted molar refractivity (Wildman–Crippen MR) is 79.0 cm³/mol. The van der Waals surface area contributed by atoms with Crippen LogP contribution in [0.15, 0.2) is 47.4 Å². The standard InChI is InChI=1S/C15H15ClOS/c1-11-9-12(10-16)3-8-15(11)17-13-4-6-14(18-2)7-5-13/h3-9H,10H2,1-2H3. The van der Waals surface area contributed by atoms with Crippen molar-refractivity contribution < 1.29 is 4.74 Å². The molecule has 0 saturated heterocycles. The molecule has 0 unspecified atom stereocenters. The fraction of sp³-hybridized carbons (Fsp3) is 0.200. The highest BCUT2D eigenvalue weighted by Gasteiger charge is 2.02. The van der Waals surface area contributed by atoms with Gasteiger partial charge in [-0.3, -0.25) is 0 Å². The Hall–Kier alpha value is -1.12. The summed E-state index contributed by atoms with van der Waals surface area (Å²) in [5.41, 5.74) is 2.21. The zero-order chi connectivity index (χ0) is 13.0. The summed E-state index contributed by atoms with van der Waals surface area (Å²) >= 11 is 7.52. The normalized spacial score (nSPS) is 10.4. The second kappa shape index (κ2) is 6.17. The van der Waals surface area contributed by atoms with Crippen LogP contribution in [-0.4, -0.2) is 6.26 Å². The van der Waals surface area contributed by atoms with Crippen LogP contribution in [0, 0.1) is 6.92 Å². The molecule has 0 aliphatic heterocycles. The molecule has 0 fully saturated rings. The van der Waals surface area contributed by atoms with E-state index in [1.54, 1.807) is 11.8 Å². The summed E-state index contributed by atoms with van der Waals surface area (Å²) < 4.78 is 5.86. The van der Waals surface area contributed by atoms with E-state index in [2.05, 4.69) is 24.5 Å².